The topological polar surface area (TPSA) is 44.9 Å². The number of carbonyl (C=O) groups excluding carboxylic acids is 1. The second-order valence-corrected chi connectivity index (χ2v) is 5.68. The van der Waals surface area contributed by atoms with Gasteiger partial charge in [-0.2, -0.15) is 0 Å². The van der Waals surface area contributed by atoms with Crippen molar-refractivity contribution in [3.63, 3.8) is 0 Å². The molecular weight excluding hydrogens is 272 g/mol. The molecule has 0 aliphatic carbocycles. The molecule has 2 N–H and O–H groups in total. The molecule has 0 radical (unpaired) electrons. The molecule has 0 aliphatic rings. The van der Waals surface area contributed by atoms with Crippen LogP contribution >= 0.6 is 0 Å². The number of amides is 1. The van der Waals surface area contributed by atoms with Gasteiger partial charge < -0.3 is 10.3 Å². The molecule has 1 amide bonds. The minimum atomic E-state index is -0.00544. The molecule has 112 valence electrons. The summed E-state index contributed by atoms with van der Waals surface area (Å²) in [5.74, 6) is -0.00544. The summed E-state index contributed by atoms with van der Waals surface area (Å²) in [7, 11) is 0. The molecule has 0 spiro atoms. The van der Waals surface area contributed by atoms with Gasteiger partial charge in [-0.1, -0.05) is 29.8 Å². The normalized spacial score (nSPS) is 10.8. The molecule has 1 aromatic heterocycles. The van der Waals surface area contributed by atoms with E-state index in [-0.39, 0.29) is 5.91 Å². The Kier molecular flexibility index (Phi) is 3.96. The van der Waals surface area contributed by atoms with Crippen LogP contribution in [0.5, 0.6) is 0 Å². The van der Waals surface area contributed by atoms with Crippen LogP contribution in [0.25, 0.3) is 10.9 Å². The number of H-pyrrole nitrogens is 1. The maximum absolute atomic E-state index is 12.2. The molecule has 1 heterocycles. The fourth-order valence-electron chi connectivity index (χ4n) is 2.73. The second-order valence-electron chi connectivity index (χ2n) is 5.68. The first kappa shape index (κ1) is 14.4. The lowest BCUT2D eigenvalue weighted by Gasteiger charge is -2.07. The van der Waals surface area contributed by atoms with Gasteiger partial charge in [-0.3, -0.25) is 4.79 Å². The molecule has 0 atom stereocenters. The van der Waals surface area contributed by atoms with E-state index < -0.39 is 0 Å². The van der Waals surface area contributed by atoms with Gasteiger partial charge in [0.2, 0.25) is 0 Å². The van der Waals surface area contributed by atoms with Gasteiger partial charge in [0.05, 0.1) is 0 Å². The Morgan fingerprint density at radius 1 is 1.14 bits per heavy atom. The second kappa shape index (κ2) is 6.06. The molecule has 3 nitrogen and oxygen atoms in total. The highest BCUT2D eigenvalue weighted by molar-refractivity contribution is 5.95. The Bertz CT molecular complexity index is 817. The average molecular weight is 292 g/mol. The zero-order chi connectivity index (χ0) is 15.5. The van der Waals surface area contributed by atoms with E-state index in [4.69, 9.17) is 0 Å². The predicted molar refractivity (Wildman–Crippen MR) is 90.3 cm³/mol. The maximum Gasteiger partial charge on any atom is 0.251 e. The molecule has 3 rings (SSSR count). The van der Waals surface area contributed by atoms with Crippen molar-refractivity contribution < 1.29 is 4.79 Å². The summed E-state index contributed by atoms with van der Waals surface area (Å²) in [4.78, 5) is 15.5. The van der Waals surface area contributed by atoms with Crippen molar-refractivity contribution in [2.75, 3.05) is 6.54 Å². The van der Waals surface area contributed by atoms with E-state index in [0.29, 0.717) is 6.54 Å². The van der Waals surface area contributed by atoms with Crippen molar-refractivity contribution >= 4 is 16.8 Å². The number of benzene rings is 2. The molecular formula is C19H20N2O. The number of aromatic nitrogens is 1. The van der Waals surface area contributed by atoms with E-state index in [9.17, 15) is 4.79 Å². The Labute approximate surface area is 130 Å². The van der Waals surface area contributed by atoms with Crippen molar-refractivity contribution in [3.05, 3.63) is 70.9 Å². The predicted octanol–water partition coefficient (Wildman–Crippen LogP) is 3.76. The summed E-state index contributed by atoms with van der Waals surface area (Å²) in [6, 6.07) is 14.0. The minimum Gasteiger partial charge on any atom is -0.361 e. The van der Waals surface area contributed by atoms with Gasteiger partial charge in [-0.05, 0) is 49.6 Å². The van der Waals surface area contributed by atoms with Crippen molar-refractivity contribution in [2.45, 2.75) is 20.3 Å². The highest BCUT2D eigenvalue weighted by Gasteiger charge is 2.08. The highest BCUT2D eigenvalue weighted by Crippen LogP contribution is 2.19. The highest BCUT2D eigenvalue weighted by atomic mass is 16.1. The number of aromatic amines is 1. The van der Waals surface area contributed by atoms with Crippen molar-refractivity contribution in [1.82, 2.24) is 10.3 Å². The smallest absolute Gasteiger partial charge is 0.251 e. The van der Waals surface area contributed by atoms with Gasteiger partial charge in [0, 0.05) is 29.2 Å². The van der Waals surface area contributed by atoms with Gasteiger partial charge in [0.1, 0.15) is 0 Å². The van der Waals surface area contributed by atoms with Gasteiger partial charge in [0.15, 0.2) is 0 Å². The fraction of sp³-hybridized carbons (Fsp3) is 0.211. The van der Waals surface area contributed by atoms with E-state index >= 15 is 0 Å². The zero-order valence-electron chi connectivity index (χ0n) is 12.9. The number of aryl methyl sites for hydroxylation is 2. The number of nitrogens with one attached hydrogen (secondary N) is 2. The first-order valence-electron chi connectivity index (χ1n) is 7.55. The van der Waals surface area contributed by atoms with Crippen LogP contribution in [0, 0.1) is 13.8 Å². The molecule has 0 fully saturated rings. The molecule has 0 bridgehead atoms. The van der Waals surface area contributed by atoms with E-state index in [0.717, 1.165) is 23.1 Å². The van der Waals surface area contributed by atoms with Crippen LogP contribution in [0.3, 0.4) is 0 Å². The fourth-order valence-corrected chi connectivity index (χ4v) is 2.73. The van der Waals surface area contributed by atoms with Gasteiger partial charge in [0.25, 0.3) is 5.91 Å². The quantitative estimate of drug-likeness (QED) is 0.755. The van der Waals surface area contributed by atoms with Crippen LogP contribution < -0.4 is 5.32 Å². The summed E-state index contributed by atoms with van der Waals surface area (Å²) < 4.78 is 0. The van der Waals surface area contributed by atoms with E-state index in [1.165, 1.54) is 16.5 Å². The number of rotatable bonds is 4. The Balaban J connectivity index is 1.66. The van der Waals surface area contributed by atoms with Crippen molar-refractivity contribution in [2.24, 2.45) is 0 Å². The van der Waals surface area contributed by atoms with Crippen LogP contribution in [-0.4, -0.2) is 17.4 Å². The Morgan fingerprint density at radius 3 is 2.77 bits per heavy atom. The van der Waals surface area contributed by atoms with E-state index in [1.54, 1.807) is 0 Å². The standard InChI is InChI=1S/C19H20N2O/c1-13-7-8-18-17(11-13)15(12-21-18)9-10-20-19(22)16-6-4-3-5-14(16)2/h3-8,11-12,21H,9-10H2,1-2H3,(H,20,22). The molecule has 0 saturated carbocycles. The van der Waals surface area contributed by atoms with Crippen molar-refractivity contribution in [3.8, 4) is 0 Å². The molecule has 3 heteroatoms. The summed E-state index contributed by atoms with van der Waals surface area (Å²) in [5.41, 5.74) is 5.38. The average Bonchev–Trinajstić information content (AvgIpc) is 2.90. The van der Waals surface area contributed by atoms with Crippen molar-refractivity contribution in [1.29, 1.82) is 0 Å². The third-order valence-corrected chi connectivity index (χ3v) is 3.99. The largest absolute Gasteiger partial charge is 0.361 e. The van der Waals surface area contributed by atoms with Crippen LogP contribution in [0.2, 0.25) is 0 Å². The first-order valence-corrected chi connectivity index (χ1v) is 7.55. The molecule has 3 aromatic rings. The zero-order valence-corrected chi connectivity index (χ0v) is 12.9. The molecule has 0 aliphatic heterocycles. The lowest BCUT2D eigenvalue weighted by molar-refractivity contribution is 0.0953. The Morgan fingerprint density at radius 2 is 1.95 bits per heavy atom. The van der Waals surface area contributed by atoms with Gasteiger partial charge >= 0.3 is 0 Å². The van der Waals surface area contributed by atoms with E-state index in [1.807, 2.05) is 37.4 Å². The number of hydrogen-bond acceptors (Lipinski definition) is 1. The maximum atomic E-state index is 12.2. The monoisotopic (exact) mass is 292 g/mol. The first-order chi connectivity index (χ1) is 10.6. The number of carbonyl (C=O) groups is 1. The molecule has 22 heavy (non-hydrogen) atoms. The SMILES string of the molecule is Cc1ccc2[nH]cc(CCNC(=O)c3ccccc3C)c2c1. The van der Waals surface area contributed by atoms with Crippen LogP contribution in [0.15, 0.2) is 48.7 Å². The molecule has 2 aromatic carbocycles. The minimum absolute atomic E-state index is 0.00544. The third kappa shape index (κ3) is 2.89. The summed E-state index contributed by atoms with van der Waals surface area (Å²) in [6.07, 6.45) is 2.85. The molecule has 0 unspecified atom stereocenters. The lowest BCUT2D eigenvalue weighted by atomic mass is 10.1. The number of fused-ring (bicyclic) bond motifs is 1. The van der Waals surface area contributed by atoms with E-state index in [2.05, 4.69) is 35.4 Å². The third-order valence-electron chi connectivity index (χ3n) is 3.99. The summed E-state index contributed by atoms with van der Waals surface area (Å²) >= 11 is 0. The summed E-state index contributed by atoms with van der Waals surface area (Å²) in [5, 5.41) is 4.25. The Hall–Kier alpha value is -2.55. The van der Waals surface area contributed by atoms with Crippen LogP contribution in [-0.2, 0) is 6.42 Å². The van der Waals surface area contributed by atoms with Crippen LogP contribution in [0.1, 0.15) is 27.0 Å². The van der Waals surface area contributed by atoms with Gasteiger partial charge in [-0.15, -0.1) is 0 Å². The molecule has 0 saturated heterocycles. The van der Waals surface area contributed by atoms with Gasteiger partial charge in [-0.25, -0.2) is 0 Å². The lowest BCUT2D eigenvalue weighted by Crippen LogP contribution is -2.26. The summed E-state index contributed by atoms with van der Waals surface area (Å²) in [6.45, 7) is 4.68. The van der Waals surface area contributed by atoms with Crippen LogP contribution in [0.4, 0.5) is 0 Å². The number of hydrogen-bond donors (Lipinski definition) is 2.